The highest BCUT2D eigenvalue weighted by atomic mass is 16.5. The van der Waals surface area contributed by atoms with E-state index in [2.05, 4.69) is 23.7 Å². The molecular formula is C11H19N3O. The lowest BCUT2D eigenvalue weighted by atomic mass is 10.2. The first-order valence-electron chi connectivity index (χ1n) is 5.12. The third kappa shape index (κ3) is 3.40. The summed E-state index contributed by atoms with van der Waals surface area (Å²) in [6, 6.07) is 4.22. The maximum absolute atomic E-state index is 5.55. The van der Waals surface area contributed by atoms with Gasteiger partial charge in [-0.25, -0.2) is 4.98 Å². The first-order chi connectivity index (χ1) is 7.15. The average Bonchev–Trinajstić information content (AvgIpc) is 2.21. The molecule has 1 aromatic rings. The Hall–Kier alpha value is -1.29. The minimum atomic E-state index is 0.422. The minimum absolute atomic E-state index is 0.422. The molecule has 0 fully saturated rings. The van der Waals surface area contributed by atoms with Gasteiger partial charge in [-0.3, -0.25) is 0 Å². The zero-order valence-electron chi connectivity index (χ0n) is 9.60. The number of rotatable bonds is 5. The summed E-state index contributed by atoms with van der Waals surface area (Å²) in [5.41, 5.74) is 6.63. The van der Waals surface area contributed by atoms with E-state index in [-0.39, 0.29) is 0 Å². The van der Waals surface area contributed by atoms with Crippen LogP contribution in [0.4, 0.5) is 11.5 Å². The largest absolute Gasteiger partial charge is 0.384 e. The summed E-state index contributed by atoms with van der Waals surface area (Å²) in [4.78, 5) is 6.32. The van der Waals surface area contributed by atoms with E-state index in [1.807, 2.05) is 12.1 Å². The summed E-state index contributed by atoms with van der Waals surface area (Å²) in [6.07, 6.45) is 1.80. The highest BCUT2D eigenvalue weighted by Gasteiger charge is 2.09. The van der Waals surface area contributed by atoms with Crippen molar-refractivity contribution in [3.8, 4) is 0 Å². The van der Waals surface area contributed by atoms with Gasteiger partial charge in [0.1, 0.15) is 5.82 Å². The summed E-state index contributed by atoms with van der Waals surface area (Å²) in [7, 11) is 1.71. The molecule has 0 unspecified atom stereocenters. The van der Waals surface area contributed by atoms with E-state index in [1.54, 1.807) is 13.3 Å². The second-order valence-corrected chi connectivity index (χ2v) is 3.72. The SMILES string of the molecule is COCCN(c1ccc(N)nc1)C(C)C. The zero-order valence-corrected chi connectivity index (χ0v) is 9.60. The van der Waals surface area contributed by atoms with Gasteiger partial charge >= 0.3 is 0 Å². The third-order valence-electron chi connectivity index (χ3n) is 2.26. The molecule has 0 saturated carbocycles. The maximum atomic E-state index is 5.55. The number of hydrogen-bond donors (Lipinski definition) is 1. The van der Waals surface area contributed by atoms with E-state index in [1.165, 1.54) is 0 Å². The monoisotopic (exact) mass is 209 g/mol. The van der Waals surface area contributed by atoms with Crippen molar-refractivity contribution in [2.24, 2.45) is 0 Å². The Morgan fingerprint density at radius 2 is 2.20 bits per heavy atom. The quantitative estimate of drug-likeness (QED) is 0.799. The van der Waals surface area contributed by atoms with Crippen molar-refractivity contribution >= 4 is 11.5 Å². The van der Waals surface area contributed by atoms with Crippen molar-refractivity contribution in [3.63, 3.8) is 0 Å². The van der Waals surface area contributed by atoms with E-state index in [9.17, 15) is 0 Å². The van der Waals surface area contributed by atoms with Crippen molar-refractivity contribution in [1.82, 2.24) is 4.98 Å². The van der Waals surface area contributed by atoms with Crippen LogP contribution in [0.25, 0.3) is 0 Å². The molecule has 15 heavy (non-hydrogen) atoms. The van der Waals surface area contributed by atoms with Crippen LogP contribution in [0.5, 0.6) is 0 Å². The van der Waals surface area contributed by atoms with Crippen LogP contribution >= 0.6 is 0 Å². The molecule has 0 saturated heterocycles. The number of ether oxygens (including phenoxy) is 1. The van der Waals surface area contributed by atoms with Crippen LogP contribution in [0.1, 0.15) is 13.8 Å². The summed E-state index contributed by atoms with van der Waals surface area (Å²) in [5.74, 6) is 0.550. The van der Waals surface area contributed by atoms with Crippen molar-refractivity contribution in [3.05, 3.63) is 18.3 Å². The van der Waals surface area contributed by atoms with Gasteiger partial charge in [-0.1, -0.05) is 0 Å². The lowest BCUT2D eigenvalue weighted by Crippen LogP contribution is -2.33. The Labute approximate surface area is 91.1 Å². The molecule has 0 aromatic carbocycles. The second kappa shape index (κ2) is 5.56. The fourth-order valence-electron chi connectivity index (χ4n) is 1.44. The Bertz CT molecular complexity index is 284. The molecule has 2 N–H and O–H groups in total. The number of nitrogens with zero attached hydrogens (tertiary/aromatic N) is 2. The van der Waals surface area contributed by atoms with Crippen LogP contribution in [-0.4, -0.2) is 31.3 Å². The molecule has 0 amide bonds. The smallest absolute Gasteiger partial charge is 0.123 e. The van der Waals surface area contributed by atoms with Crippen LogP contribution in [0.2, 0.25) is 0 Å². The average molecular weight is 209 g/mol. The van der Waals surface area contributed by atoms with Crippen molar-refractivity contribution in [2.45, 2.75) is 19.9 Å². The molecule has 0 atom stereocenters. The van der Waals surface area contributed by atoms with Crippen LogP contribution in [-0.2, 0) is 4.74 Å². The molecule has 0 aliphatic rings. The number of aromatic nitrogens is 1. The number of hydrogen-bond acceptors (Lipinski definition) is 4. The molecule has 0 aliphatic heterocycles. The Morgan fingerprint density at radius 3 is 2.67 bits per heavy atom. The van der Waals surface area contributed by atoms with Gasteiger partial charge in [-0.15, -0.1) is 0 Å². The van der Waals surface area contributed by atoms with Crippen LogP contribution in [0.15, 0.2) is 18.3 Å². The lowest BCUT2D eigenvalue weighted by molar-refractivity contribution is 0.204. The number of nitrogen functional groups attached to an aromatic ring is 1. The van der Waals surface area contributed by atoms with Gasteiger partial charge in [0, 0.05) is 19.7 Å². The number of anilines is 2. The van der Waals surface area contributed by atoms with Crippen LogP contribution < -0.4 is 10.6 Å². The molecule has 1 heterocycles. The fraction of sp³-hybridized carbons (Fsp3) is 0.545. The first-order valence-corrected chi connectivity index (χ1v) is 5.12. The highest BCUT2D eigenvalue weighted by molar-refractivity contribution is 5.48. The van der Waals surface area contributed by atoms with Gasteiger partial charge in [-0.05, 0) is 26.0 Å². The van der Waals surface area contributed by atoms with Crippen LogP contribution in [0, 0.1) is 0 Å². The second-order valence-electron chi connectivity index (χ2n) is 3.72. The molecule has 4 heteroatoms. The van der Waals surface area contributed by atoms with Gasteiger partial charge in [0.05, 0.1) is 18.5 Å². The minimum Gasteiger partial charge on any atom is -0.384 e. The molecular weight excluding hydrogens is 190 g/mol. The van der Waals surface area contributed by atoms with Crippen molar-refractivity contribution in [2.75, 3.05) is 30.9 Å². The van der Waals surface area contributed by atoms with E-state index in [0.717, 1.165) is 12.2 Å². The molecule has 0 aliphatic carbocycles. The van der Waals surface area contributed by atoms with Crippen molar-refractivity contribution in [1.29, 1.82) is 0 Å². The van der Waals surface area contributed by atoms with Gasteiger partial charge < -0.3 is 15.4 Å². The fourth-order valence-corrected chi connectivity index (χ4v) is 1.44. The van der Waals surface area contributed by atoms with Gasteiger partial charge in [0.25, 0.3) is 0 Å². The van der Waals surface area contributed by atoms with Gasteiger partial charge in [0.15, 0.2) is 0 Å². The standard InChI is InChI=1S/C11H19N3O/c1-9(2)14(6-7-15-3)10-4-5-11(12)13-8-10/h4-5,8-9H,6-7H2,1-3H3,(H2,12,13). The predicted octanol–water partition coefficient (Wildman–Crippen LogP) is 1.52. The predicted molar refractivity (Wildman–Crippen MR) is 63.0 cm³/mol. The first kappa shape index (κ1) is 11.8. The molecule has 4 nitrogen and oxygen atoms in total. The Balaban J connectivity index is 2.74. The van der Waals surface area contributed by atoms with Crippen molar-refractivity contribution < 1.29 is 4.74 Å². The third-order valence-corrected chi connectivity index (χ3v) is 2.26. The molecule has 84 valence electrons. The maximum Gasteiger partial charge on any atom is 0.123 e. The zero-order chi connectivity index (χ0) is 11.3. The van der Waals surface area contributed by atoms with Crippen LogP contribution in [0.3, 0.4) is 0 Å². The van der Waals surface area contributed by atoms with Gasteiger partial charge in [0.2, 0.25) is 0 Å². The normalized spacial score (nSPS) is 10.7. The summed E-state index contributed by atoms with van der Waals surface area (Å²) in [5, 5.41) is 0. The Morgan fingerprint density at radius 1 is 1.47 bits per heavy atom. The highest BCUT2D eigenvalue weighted by Crippen LogP contribution is 2.16. The summed E-state index contributed by atoms with van der Waals surface area (Å²) in [6.45, 7) is 5.86. The topological polar surface area (TPSA) is 51.4 Å². The molecule has 1 aromatic heterocycles. The number of nitrogens with two attached hydrogens (primary N) is 1. The molecule has 0 radical (unpaired) electrons. The van der Waals surface area contributed by atoms with E-state index < -0.39 is 0 Å². The number of methoxy groups -OCH3 is 1. The number of pyridine rings is 1. The van der Waals surface area contributed by atoms with E-state index in [0.29, 0.717) is 18.5 Å². The van der Waals surface area contributed by atoms with Gasteiger partial charge in [-0.2, -0.15) is 0 Å². The van der Waals surface area contributed by atoms with E-state index >= 15 is 0 Å². The molecule has 0 spiro atoms. The molecule has 1 rings (SSSR count). The Kier molecular flexibility index (Phi) is 4.37. The summed E-state index contributed by atoms with van der Waals surface area (Å²) < 4.78 is 5.08. The van der Waals surface area contributed by atoms with E-state index in [4.69, 9.17) is 10.5 Å². The molecule has 0 bridgehead atoms. The lowest BCUT2D eigenvalue weighted by Gasteiger charge is -2.28. The summed E-state index contributed by atoms with van der Waals surface area (Å²) >= 11 is 0.